The minimum Gasteiger partial charge on any atom is -0.465 e. The van der Waals surface area contributed by atoms with E-state index in [2.05, 4.69) is 4.74 Å². The summed E-state index contributed by atoms with van der Waals surface area (Å²) in [6.07, 6.45) is -9.91. The van der Waals surface area contributed by atoms with Gasteiger partial charge in [0.2, 0.25) is 0 Å². The maximum absolute atomic E-state index is 13.4. The normalized spacial score (nSPS) is 16.1. The van der Waals surface area contributed by atoms with Crippen LogP contribution in [0.1, 0.15) is 26.7 Å². The average molecular weight is 448 g/mol. The zero-order valence-electron chi connectivity index (χ0n) is 13.9. The molecule has 15 heteroatoms. The molecule has 0 saturated heterocycles. The second-order valence-electron chi connectivity index (χ2n) is 5.73. The third-order valence-electron chi connectivity index (χ3n) is 3.67. The molecule has 2 nitrogen and oxygen atoms in total. The average Bonchev–Trinajstić information content (AvgIpc) is 2.51. The molecule has 0 saturated carbocycles. The van der Waals surface area contributed by atoms with Crippen molar-refractivity contribution in [1.29, 1.82) is 0 Å². The molecule has 0 aliphatic rings. The van der Waals surface area contributed by atoms with Gasteiger partial charge in [0.15, 0.2) is 0 Å². The smallest absolute Gasteiger partial charge is 0.460 e. The quantitative estimate of drug-likeness (QED) is 0.334. The molecule has 1 atom stereocenters. The van der Waals surface area contributed by atoms with E-state index in [0.29, 0.717) is 0 Å². The minimum absolute atomic E-state index is 0.0855. The Morgan fingerprint density at radius 2 is 1.14 bits per heavy atom. The van der Waals surface area contributed by atoms with Crippen LogP contribution in [0, 0.1) is 5.92 Å². The van der Waals surface area contributed by atoms with Gasteiger partial charge in [0.25, 0.3) is 0 Å². The summed E-state index contributed by atoms with van der Waals surface area (Å²) in [5.74, 6) is -39.3. The lowest BCUT2D eigenvalue weighted by atomic mass is 9.93. The Morgan fingerprint density at radius 1 is 0.750 bits per heavy atom. The first-order chi connectivity index (χ1) is 12.1. The summed E-state index contributed by atoms with van der Waals surface area (Å²) < 4.78 is 171. The van der Waals surface area contributed by atoms with Crippen LogP contribution in [-0.4, -0.2) is 48.4 Å². The maximum Gasteiger partial charge on any atom is 0.460 e. The van der Waals surface area contributed by atoms with Gasteiger partial charge in [-0.3, -0.25) is 4.79 Å². The zero-order chi connectivity index (χ0) is 23.0. The van der Waals surface area contributed by atoms with E-state index in [1.165, 1.54) is 13.8 Å². The molecule has 0 aromatic heterocycles. The Bertz CT molecular complexity index is 553. The van der Waals surface area contributed by atoms with Crippen molar-refractivity contribution in [3.8, 4) is 0 Å². The van der Waals surface area contributed by atoms with Crippen molar-refractivity contribution in [3.05, 3.63) is 0 Å². The van der Waals surface area contributed by atoms with Crippen LogP contribution in [0.5, 0.6) is 0 Å². The molecule has 0 rings (SSSR count). The fourth-order valence-electron chi connectivity index (χ4n) is 1.55. The van der Waals surface area contributed by atoms with Crippen molar-refractivity contribution in [2.45, 2.75) is 62.5 Å². The van der Waals surface area contributed by atoms with Gasteiger partial charge < -0.3 is 4.74 Å². The fraction of sp³-hybridized carbons (Fsp3) is 0.923. The van der Waals surface area contributed by atoms with E-state index in [1.807, 2.05) is 0 Å². The largest absolute Gasteiger partial charge is 0.465 e. The minimum atomic E-state index is -7.93. The molecule has 0 radical (unpaired) electrons. The monoisotopic (exact) mass is 448 g/mol. The Labute approximate surface area is 149 Å². The summed E-state index contributed by atoms with van der Waals surface area (Å²) in [5.41, 5.74) is 0. The van der Waals surface area contributed by atoms with Gasteiger partial charge in [0.1, 0.15) is 0 Å². The molecule has 1 unspecified atom stereocenters. The highest BCUT2D eigenvalue weighted by atomic mass is 19.4. The lowest BCUT2D eigenvalue weighted by Crippen LogP contribution is -2.70. The molecule has 168 valence electrons. The Balaban J connectivity index is 5.71. The number of carbonyl (C=O) groups excluding carboxylic acids is 1. The van der Waals surface area contributed by atoms with Gasteiger partial charge in [-0.2, -0.15) is 57.1 Å². The SMILES string of the molecule is CCC(C)C(=O)OCCC(F)(F)C(F)(F)C(F)(F)C(F)(F)C(F)(F)C(F)(F)F. The summed E-state index contributed by atoms with van der Waals surface area (Å²) in [6.45, 7) is 0.893. The molecular weight excluding hydrogens is 435 g/mol. The molecule has 0 aromatic rings. The first-order valence-corrected chi connectivity index (χ1v) is 7.24. The number of rotatable bonds is 9. The first kappa shape index (κ1) is 26.6. The third-order valence-corrected chi connectivity index (χ3v) is 3.67. The van der Waals surface area contributed by atoms with E-state index >= 15 is 0 Å². The van der Waals surface area contributed by atoms with E-state index in [0.717, 1.165) is 0 Å². The summed E-state index contributed by atoms with van der Waals surface area (Å²) in [4.78, 5) is 11.2. The third kappa shape index (κ3) is 4.26. The van der Waals surface area contributed by atoms with Gasteiger partial charge >= 0.3 is 41.8 Å². The molecule has 0 amide bonds. The highest BCUT2D eigenvalue weighted by molar-refractivity contribution is 5.71. The second kappa shape index (κ2) is 7.76. The van der Waals surface area contributed by atoms with Crippen molar-refractivity contribution < 1.29 is 66.6 Å². The molecule has 0 bridgehead atoms. The molecular formula is C13H13F13O2. The molecule has 0 aliphatic carbocycles. The molecule has 0 heterocycles. The number of hydrogen-bond donors (Lipinski definition) is 0. The van der Waals surface area contributed by atoms with Crippen molar-refractivity contribution >= 4 is 5.97 Å². The van der Waals surface area contributed by atoms with Gasteiger partial charge in [-0.15, -0.1) is 0 Å². The van der Waals surface area contributed by atoms with Crippen molar-refractivity contribution in [3.63, 3.8) is 0 Å². The fourth-order valence-corrected chi connectivity index (χ4v) is 1.55. The summed E-state index contributed by atoms with van der Waals surface area (Å²) in [5, 5.41) is 0. The Kier molecular flexibility index (Phi) is 7.37. The van der Waals surface area contributed by atoms with E-state index < -0.39 is 60.7 Å². The van der Waals surface area contributed by atoms with Crippen LogP contribution in [0.25, 0.3) is 0 Å². The van der Waals surface area contributed by atoms with Crippen molar-refractivity contribution in [1.82, 2.24) is 0 Å². The van der Waals surface area contributed by atoms with Crippen molar-refractivity contribution in [2.24, 2.45) is 5.92 Å². The molecule has 0 aromatic carbocycles. The number of alkyl halides is 13. The molecule has 0 aliphatic heterocycles. The van der Waals surface area contributed by atoms with Gasteiger partial charge in [-0.25, -0.2) is 0 Å². The molecule has 0 fully saturated rings. The highest BCUT2D eigenvalue weighted by Gasteiger charge is 2.90. The van der Waals surface area contributed by atoms with E-state index in [1.54, 1.807) is 0 Å². The lowest BCUT2D eigenvalue weighted by Gasteiger charge is -2.39. The molecule has 0 N–H and O–H groups in total. The highest BCUT2D eigenvalue weighted by Crippen LogP contribution is 2.60. The topological polar surface area (TPSA) is 26.3 Å². The Morgan fingerprint density at radius 3 is 1.50 bits per heavy atom. The van der Waals surface area contributed by atoms with Gasteiger partial charge in [0.05, 0.1) is 18.9 Å². The van der Waals surface area contributed by atoms with E-state index in [9.17, 15) is 61.9 Å². The number of halogens is 13. The van der Waals surface area contributed by atoms with Gasteiger partial charge in [-0.05, 0) is 6.42 Å². The summed E-state index contributed by atoms with van der Waals surface area (Å²) in [7, 11) is 0. The van der Waals surface area contributed by atoms with E-state index in [-0.39, 0.29) is 6.42 Å². The van der Waals surface area contributed by atoms with Gasteiger partial charge in [-0.1, -0.05) is 13.8 Å². The maximum atomic E-state index is 13.4. The van der Waals surface area contributed by atoms with E-state index in [4.69, 9.17) is 0 Å². The molecule has 28 heavy (non-hydrogen) atoms. The number of esters is 1. The van der Waals surface area contributed by atoms with Crippen LogP contribution >= 0.6 is 0 Å². The molecule has 0 spiro atoms. The van der Waals surface area contributed by atoms with Crippen LogP contribution < -0.4 is 0 Å². The zero-order valence-corrected chi connectivity index (χ0v) is 13.9. The number of carbonyl (C=O) groups is 1. The predicted molar refractivity (Wildman–Crippen MR) is 65.8 cm³/mol. The standard InChI is InChI=1S/C13H13F13O2/c1-3-6(2)7(27)28-5-4-8(14,15)9(16,17)10(18,19)11(20,21)12(22,23)13(24,25)26/h6H,3-5H2,1-2H3. The first-order valence-electron chi connectivity index (χ1n) is 7.24. The number of ether oxygens (including phenoxy) is 1. The van der Waals surface area contributed by atoms with Crippen molar-refractivity contribution in [2.75, 3.05) is 6.61 Å². The second-order valence-corrected chi connectivity index (χ2v) is 5.73. The summed E-state index contributed by atoms with van der Waals surface area (Å²) in [6, 6.07) is 0. The number of hydrogen-bond acceptors (Lipinski definition) is 2. The van der Waals surface area contributed by atoms with Crippen LogP contribution in [0.4, 0.5) is 57.1 Å². The Hall–Kier alpha value is -1.44. The van der Waals surface area contributed by atoms with Gasteiger partial charge in [0, 0.05) is 0 Å². The van der Waals surface area contributed by atoms with Crippen LogP contribution in [0.15, 0.2) is 0 Å². The summed E-state index contributed by atoms with van der Waals surface area (Å²) >= 11 is 0. The lowest BCUT2D eigenvalue weighted by molar-refractivity contribution is -0.440. The predicted octanol–water partition coefficient (Wildman–Crippen LogP) is 5.70. The van der Waals surface area contributed by atoms with Crippen LogP contribution in [-0.2, 0) is 9.53 Å². The van der Waals surface area contributed by atoms with Crippen LogP contribution in [0.3, 0.4) is 0 Å². The van der Waals surface area contributed by atoms with Crippen LogP contribution in [0.2, 0.25) is 0 Å².